The van der Waals surface area contributed by atoms with E-state index in [1.54, 1.807) is 12.1 Å². The Labute approximate surface area is 259 Å². The van der Waals surface area contributed by atoms with Crippen LogP contribution in [0.2, 0.25) is 0 Å². The SMILES string of the molecule is CCCCCCCCCCCCCCOc1ccc2c(C=O)c(OCc3ccc(C(=O)OC[C@H](C)CC)cc3)ccc2c1. The zero-order chi connectivity index (χ0) is 30.7. The third-order valence-electron chi connectivity index (χ3n) is 8.16. The van der Waals surface area contributed by atoms with Gasteiger partial charge in [-0.2, -0.15) is 0 Å². The van der Waals surface area contributed by atoms with Crippen LogP contribution in [0.1, 0.15) is 131 Å². The van der Waals surface area contributed by atoms with Gasteiger partial charge in [-0.25, -0.2) is 4.79 Å². The van der Waals surface area contributed by atoms with Crippen LogP contribution in [0.4, 0.5) is 0 Å². The molecule has 5 heteroatoms. The van der Waals surface area contributed by atoms with Crippen molar-refractivity contribution in [1.82, 2.24) is 0 Å². The van der Waals surface area contributed by atoms with E-state index in [1.807, 2.05) is 42.5 Å². The quantitative estimate of drug-likeness (QED) is 0.0664. The van der Waals surface area contributed by atoms with Crippen molar-refractivity contribution in [2.24, 2.45) is 5.92 Å². The molecule has 0 aliphatic rings. The summed E-state index contributed by atoms with van der Waals surface area (Å²) in [5.74, 6) is 1.38. The number of ether oxygens (including phenoxy) is 3. The van der Waals surface area contributed by atoms with Crippen molar-refractivity contribution in [1.29, 1.82) is 0 Å². The number of esters is 1. The zero-order valence-corrected chi connectivity index (χ0v) is 26.7. The second-order valence-electron chi connectivity index (χ2n) is 11.8. The number of fused-ring (bicyclic) bond motifs is 1. The zero-order valence-electron chi connectivity index (χ0n) is 26.7. The first kappa shape index (κ1) is 34.2. The van der Waals surface area contributed by atoms with Crippen LogP contribution < -0.4 is 9.47 Å². The van der Waals surface area contributed by atoms with Crippen LogP contribution in [0, 0.1) is 5.92 Å². The van der Waals surface area contributed by atoms with Crippen molar-refractivity contribution in [3.63, 3.8) is 0 Å². The van der Waals surface area contributed by atoms with Gasteiger partial charge in [-0.05, 0) is 65.1 Å². The minimum atomic E-state index is -0.317. The van der Waals surface area contributed by atoms with Crippen molar-refractivity contribution in [3.8, 4) is 11.5 Å². The van der Waals surface area contributed by atoms with E-state index in [2.05, 4.69) is 20.8 Å². The number of benzene rings is 3. The molecule has 0 heterocycles. The molecule has 3 aromatic rings. The summed E-state index contributed by atoms with van der Waals surface area (Å²) in [5, 5.41) is 1.78. The average molecular weight is 589 g/mol. The number of carbonyl (C=O) groups is 2. The highest BCUT2D eigenvalue weighted by Crippen LogP contribution is 2.30. The Morgan fingerprint density at radius 1 is 0.767 bits per heavy atom. The van der Waals surface area contributed by atoms with Gasteiger partial charge >= 0.3 is 5.97 Å². The summed E-state index contributed by atoms with van der Waals surface area (Å²) in [6.45, 7) is 7.82. The number of aldehydes is 1. The Morgan fingerprint density at radius 2 is 1.42 bits per heavy atom. The van der Waals surface area contributed by atoms with Crippen LogP contribution in [0.3, 0.4) is 0 Å². The molecule has 234 valence electrons. The van der Waals surface area contributed by atoms with Gasteiger partial charge in [-0.1, -0.05) is 116 Å². The fourth-order valence-corrected chi connectivity index (χ4v) is 5.10. The molecule has 5 nitrogen and oxygen atoms in total. The lowest BCUT2D eigenvalue weighted by molar-refractivity contribution is 0.0447. The summed E-state index contributed by atoms with van der Waals surface area (Å²) in [7, 11) is 0. The molecule has 0 radical (unpaired) electrons. The predicted molar refractivity (Wildman–Crippen MR) is 176 cm³/mol. The number of rotatable bonds is 22. The minimum absolute atomic E-state index is 0.286. The minimum Gasteiger partial charge on any atom is -0.494 e. The Morgan fingerprint density at radius 3 is 2.05 bits per heavy atom. The van der Waals surface area contributed by atoms with Gasteiger partial charge in [-0.3, -0.25) is 4.79 Å². The molecule has 0 saturated carbocycles. The number of hydrogen-bond acceptors (Lipinski definition) is 5. The molecule has 0 aliphatic heterocycles. The topological polar surface area (TPSA) is 61.8 Å². The molecule has 3 aromatic carbocycles. The monoisotopic (exact) mass is 588 g/mol. The summed E-state index contributed by atoms with van der Waals surface area (Å²) in [6.07, 6.45) is 17.7. The van der Waals surface area contributed by atoms with Crippen LogP contribution in [-0.2, 0) is 11.3 Å². The molecule has 0 aliphatic carbocycles. The lowest BCUT2D eigenvalue weighted by Crippen LogP contribution is -2.11. The first-order valence-electron chi connectivity index (χ1n) is 16.6. The molecule has 1 atom stereocenters. The van der Waals surface area contributed by atoms with Gasteiger partial charge in [-0.15, -0.1) is 0 Å². The third-order valence-corrected chi connectivity index (χ3v) is 8.16. The molecule has 0 fully saturated rings. The lowest BCUT2D eigenvalue weighted by atomic mass is 10.0. The highest BCUT2D eigenvalue weighted by atomic mass is 16.5. The Kier molecular flexibility index (Phi) is 15.7. The van der Waals surface area contributed by atoms with E-state index in [0.717, 1.165) is 41.2 Å². The van der Waals surface area contributed by atoms with Gasteiger partial charge in [0.25, 0.3) is 0 Å². The number of unbranched alkanes of at least 4 members (excludes halogenated alkanes) is 11. The van der Waals surface area contributed by atoms with E-state index in [1.165, 1.54) is 70.6 Å². The Hall–Kier alpha value is -3.34. The van der Waals surface area contributed by atoms with E-state index >= 15 is 0 Å². The van der Waals surface area contributed by atoms with E-state index in [9.17, 15) is 9.59 Å². The van der Waals surface area contributed by atoms with Crippen molar-refractivity contribution >= 4 is 23.0 Å². The molecule has 0 spiro atoms. The standard InChI is InChI=1S/C38H52O5/c1-4-6-7-8-9-10-11-12-13-14-15-16-25-41-34-22-23-35-33(26-34)21-24-37(36(35)27-39)42-29-31-17-19-32(20-18-31)38(40)43-28-30(3)5-2/h17-24,26-27,30H,4-16,25,28-29H2,1-3H3/t30-/m1/s1. The maximum Gasteiger partial charge on any atom is 0.338 e. The molecule has 3 rings (SSSR count). The second-order valence-corrected chi connectivity index (χ2v) is 11.8. The van der Waals surface area contributed by atoms with Crippen LogP contribution in [0.5, 0.6) is 11.5 Å². The molecule has 43 heavy (non-hydrogen) atoms. The molecule has 0 saturated heterocycles. The predicted octanol–water partition coefficient (Wildman–Crippen LogP) is 10.5. The Bertz CT molecular complexity index is 1230. The summed E-state index contributed by atoms with van der Waals surface area (Å²) in [4.78, 5) is 24.3. The van der Waals surface area contributed by atoms with E-state index in [0.29, 0.717) is 36.0 Å². The van der Waals surface area contributed by atoms with Gasteiger partial charge in [0.05, 0.1) is 24.3 Å². The van der Waals surface area contributed by atoms with Crippen molar-refractivity contribution in [2.45, 2.75) is 111 Å². The summed E-state index contributed by atoms with van der Waals surface area (Å²) >= 11 is 0. The van der Waals surface area contributed by atoms with Gasteiger partial charge in [0.1, 0.15) is 18.1 Å². The fourth-order valence-electron chi connectivity index (χ4n) is 5.10. The van der Waals surface area contributed by atoms with E-state index < -0.39 is 0 Å². The van der Waals surface area contributed by atoms with Crippen LogP contribution in [0.15, 0.2) is 54.6 Å². The first-order valence-corrected chi connectivity index (χ1v) is 16.6. The fraction of sp³-hybridized carbons (Fsp3) is 0.526. The molecular formula is C38H52O5. The molecule has 0 unspecified atom stereocenters. The van der Waals surface area contributed by atoms with Crippen molar-refractivity contribution in [3.05, 3.63) is 71.3 Å². The molecule has 0 aromatic heterocycles. The largest absolute Gasteiger partial charge is 0.494 e. The average Bonchev–Trinajstić information content (AvgIpc) is 3.04. The number of hydrogen-bond donors (Lipinski definition) is 0. The van der Waals surface area contributed by atoms with Crippen molar-refractivity contribution in [2.75, 3.05) is 13.2 Å². The molecule has 0 amide bonds. The van der Waals surface area contributed by atoms with Crippen molar-refractivity contribution < 1.29 is 23.8 Å². The molecule has 0 bridgehead atoms. The first-order chi connectivity index (χ1) is 21.0. The van der Waals surface area contributed by atoms with Gasteiger partial charge in [0.15, 0.2) is 6.29 Å². The highest BCUT2D eigenvalue weighted by Gasteiger charge is 2.12. The van der Waals surface area contributed by atoms with Crippen LogP contribution in [0.25, 0.3) is 10.8 Å². The van der Waals surface area contributed by atoms with Gasteiger partial charge in [0.2, 0.25) is 0 Å². The normalized spacial score (nSPS) is 11.8. The maximum atomic E-state index is 12.3. The van der Waals surface area contributed by atoms with Gasteiger partial charge in [0, 0.05) is 0 Å². The second kappa shape index (κ2) is 19.8. The number of carbonyl (C=O) groups excluding carboxylic acids is 2. The molecule has 0 N–H and O–H groups in total. The third kappa shape index (κ3) is 12.1. The maximum absolute atomic E-state index is 12.3. The van der Waals surface area contributed by atoms with Crippen LogP contribution >= 0.6 is 0 Å². The van der Waals surface area contributed by atoms with Gasteiger partial charge < -0.3 is 14.2 Å². The van der Waals surface area contributed by atoms with Crippen LogP contribution in [-0.4, -0.2) is 25.5 Å². The highest BCUT2D eigenvalue weighted by molar-refractivity contribution is 6.01. The van der Waals surface area contributed by atoms with E-state index in [4.69, 9.17) is 14.2 Å². The smallest absolute Gasteiger partial charge is 0.338 e. The summed E-state index contributed by atoms with van der Waals surface area (Å²) < 4.78 is 17.4. The van der Waals surface area contributed by atoms with E-state index in [-0.39, 0.29) is 12.6 Å². The molecular weight excluding hydrogens is 536 g/mol. The Balaban J connectivity index is 1.40. The summed E-state index contributed by atoms with van der Waals surface area (Å²) in [6, 6.07) is 16.8. The summed E-state index contributed by atoms with van der Waals surface area (Å²) in [5.41, 5.74) is 1.94. The lowest BCUT2D eigenvalue weighted by Gasteiger charge is -2.13.